The number of hydrogen-bond donors (Lipinski definition) is 1. The number of aromatic hydroxyl groups is 1. The van der Waals surface area contributed by atoms with Gasteiger partial charge in [0.15, 0.2) is 11.5 Å². The van der Waals surface area contributed by atoms with Gasteiger partial charge in [-0.3, -0.25) is 9.36 Å². The molecule has 0 bridgehead atoms. The number of benzene rings is 2. The first kappa shape index (κ1) is 15.7. The molecule has 126 valence electrons. The van der Waals surface area contributed by atoms with Crippen molar-refractivity contribution in [1.29, 1.82) is 0 Å². The van der Waals surface area contributed by atoms with Crippen molar-refractivity contribution >= 4 is 34.2 Å². The molecule has 0 radical (unpaired) electrons. The van der Waals surface area contributed by atoms with Crippen LogP contribution in [0.3, 0.4) is 0 Å². The van der Waals surface area contributed by atoms with E-state index in [-0.39, 0.29) is 11.3 Å². The number of halogens is 1. The van der Waals surface area contributed by atoms with Crippen LogP contribution in [0.25, 0.3) is 22.6 Å². The molecule has 1 aliphatic rings. The van der Waals surface area contributed by atoms with Gasteiger partial charge in [-0.2, -0.15) is 0 Å². The molecule has 25 heavy (non-hydrogen) atoms. The third-order valence-electron chi connectivity index (χ3n) is 4.35. The molecular formula is C19H15ClN2O3. The number of phenolic OH excluding ortho intramolecular Hbond substituents is 1. The normalized spacial score (nSPS) is 14.9. The fourth-order valence-electron chi connectivity index (χ4n) is 3.13. The summed E-state index contributed by atoms with van der Waals surface area (Å²) in [5.41, 5.74) is 2.30. The highest BCUT2D eigenvalue weighted by molar-refractivity contribution is 6.31. The van der Waals surface area contributed by atoms with Gasteiger partial charge in [0.05, 0.1) is 18.0 Å². The largest absolute Gasteiger partial charge is 0.504 e. The number of methoxy groups -OCH3 is 1. The molecule has 1 aliphatic heterocycles. The molecule has 0 saturated carbocycles. The minimum absolute atomic E-state index is 0.0577. The molecule has 0 saturated heterocycles. The lowest BCUT2D eigenvalue weighted by atomic mass is 10.1. The molecule has 5 nitrogen and oxygen atoms in total. The zero-order valence-electron chi connectivity index (χ0n) is 13.5. The number of nitrogens with zero attached hydrogens (tertiary/aromatic N) is 2. The number of hydrogen-bond acceptors (Lipinski definition) is 4. The van der Waals surface area contributed by atoms with E-state index in [2.05, 4.69) is 4.98 Å². The Morgan fingerprint density at radius 1 is 1.28 bits per heavy atom. The molecule has 4 rings (SSSR count). The zero-order valence-corrected chi connectivity index (χ0v) is 14.2. The minimum atomic E-state index is -0.0577. The maximum Gasteiger partial charge on any atom is 0.261 e. The molecule has 0 fully saturated rings. The molecule has 6 heteroatoms. The SMILES string of the molecule is COc1ccc(/C=C2/CCn3c2nc2cc(Cl)ccc2c3=O)cc1O. The molecular weight excluding hydrogens is 340 g/mol. The van der Waals surface area contributed by atoms with Gasteiger partial charge in [-0.1, -0.05) is 17.7 Å². The Bertz CT molecular complexity index is 1090. The highest BCUT2D eigenvalue weighted by atomic mass is 35.5. The van der Waals surface area contributed by atoms with Crippen LogP contribution in [0.1, 0.15) is 17.8 Å². The summed E-state index contributed by atoms with van der Waals surface area (Å²) >= 11 is 6.03. The van der Waals surface area contributed by atoms with Crippen LogP contribution >= 0.6 is 11.6 Å². The molecule has 2 heterocycles. The Hall–Kier alpha value is -2.79. The molecule has 0 amide bonds. The second-order valence-electron chi connectivity index (χ2n) is 5.90. The van der Waals surface area contributed by atoms with E-state index in [9.17, 15) is 9.90 Å². The number of aromatic nitrogens is 2. The zero-order chi connectivity index (χ0) is 17.6. The first-order valence-electron chi connectivity index (χ1n) is 7.85. The predicted molar refractivity (Wildman–Crippen MR) is 98.2 cm³/mol. The minimum Gasteiger partial charge on any atom is -0.504 e. The predicted octanol–water partition coefficient (Wildman–Crippen LogP) is 3.71. The summed E-state index contributed by atoms with van der Waals surface area (Å²) in [6, 6.07) is 10.3. The molecule has 1 N–H and O–H groups in total. The molecule has 3 aromatic rings. The van der Waals surface area contributed by atoms with Crippen LogP contribution in [-0.2, 0) is 6.54 Å². The summed E-state index contributed by atoms with van der Waals surface area (Å²) in [7, 11) is 1.51. The van der Waals surface area contributed by atoms with E-state index in [0.717, 1.165) is 11.1 Å². The van der Waals surface area contributed by atoms with E-state index in [0.29, 0.717) is 40.5 Å². The van der Waals surface area contributed by atoms with Crippen LogP contribution in [0.5, 0.6) is 11.5 Å². The molecule has 2 aromatic carbocycles. The topological polar surface area (TPSA) is 64.4 Å². The van der Waals surface area contributed by atoms with Gasteiger partial charge in [-0.25, -0.2) is 4.98 Å². The quantitative estimate of drug-likeness (QED) is 0.762. The van der Waals surface area contributed by atoms with Gasteiger partial charge in [0.25, 0.3) is 5.56 Å². The van der Waals surface area contributed by atoms with E-state index < -0.39 is 0 Å². The van der Waals surface area contributed by atoms with Crippen molar-refractivity contribution in [2.75, 3.05) is 7.11 Å². The van der Waals surface area contributed by atoms with Crippen LogP contribution in [0.15, 0.2) is 41.2 Å². The lowest BCUT2D eigenvalue weighted by Crippen LogP contribution is -2.20. The van der Waals surface area contributed by atoms with Crippen molar-refractivity contribution in [3.63, 3.8) is 0 Å². The van der Waals surface area contributed by atoms with Crippen molar-refractivity contribution < 1.29 is 9.84 Å². The van der Waals surface area contributed by atoms with Gasteiger partial charge in [0, 0.05) is 11.6 Å². The Morgan fingerprint density at radius 2 is 2.12 bits per heavy atom. The Morgan fingerprint density at radius 3 is 2.88 bits per heavy atom. The van der Waals surface area contributed by atoms with E-state index in [1.807, 2.05) is 12.1 Å². The number of phenols is 1. The lowest BCUT2D eigenvalue weighted by molar-refractivity contribution is 0.373. The second-order valence-corrected chi connectivity index (χ2v) is 6.34. The fourth-order valence-corrected chi connectivity index (χ4v) is 3.29. The van der Waals surface area contributed by atoms with Gasteiger partial charge in [0.1, 0.15) is 5.82 Å². The van der Waals surface area contributed by atoms with Gasteiger partial charge in [-0.05, 0) is 54.0 Å². The standard InChI is InChI=1S/C19H15ClN2O3/c1-25-17-5-2-11(9-16(17)23)8-12-6-7-22-18(12)21-15-10-13(20)3-4-14(15)19(22)24/h2-5,8-10,23H,6-7H2,1H3/b12-8-. The maximum atomic E-state index is 12.7. The Labute approximate surface area is 148 Å². The van der Waals surface area contributed by atoms with Gasteiger partial charge >= 0.3 is 0 Å². The number of fused-ring (bicyclic) bond motifs is 2. The van der Waals surface area contributed by atoms with Crippen LogP contribution in [0.2, 0.25) is 5.02 Å². The summed E-state index contributed by atoms with van der Waals surface area (Å²) < 4.78 is 6.75. The van der Waals surface area contributed by atoms with E-state index in [4.69, 9.17) is 16.3 Å². The molecule has 0 spiro atoms. The van der Waals surface area contributed by atoms with Crippen LogP contribution in [0, 0.1) is 0 Å². The third kappa shape index (κ3) is 2.66. The van der Waals surface area contributed by atoms with Crippen molar-refractivity contribution in [3.8, 4) is 11.5 Å². The van der Waals surface area contributed by atoms with Crippen LogP contribution in [-0.4, -0.2) is 21.8 Å². The van der Waals surface area contributed by atoms with Crippen molar-refractivity contribution in [2.24, 2.45) is 0 Å². The average molecular weight is 355 g/mol. The third-order valence-corrected chi connectivity index (χ3v) is 4.59. The summed E-state index contributed by atoms with van der Waals surface area (Å²) in [5.74, 6) is 1.14. The monoisotopic (exact) mass is 354 g/mol. The van der Waals surface area contributed by atoms with Crippen molar-refractivity contribution in [2.45, 2.75) is 13.0 Å². The van der Waals surface area contributed by atoms with E-state index in [1.54, 1.807) is 34.9 Å². The first-order valence-corrected chi connectivity index (χ1v) is 8.22. The highest BCUT2D eigenvalue weighted by Gasteiger charge is 2.21. The average Bonchev–Trinajstić information content (AvgIpc) is 2.98. The van der Waals surface area contributed by atoms with Gasteiger partial charge < -0.3 is 9.84 Å². The van der Waals surface area contributed by atoms with Gasteiger partial charge in [-0.15, -0.1) is 0 Å². The molecule has 1 aromatic heterocycles. The van der Waals surface area contributed by atoms with Crippen molar-refractivity contribution in [3.05, 3.63) is 63.2 Å². The van der Waals surface area contributed by atoms with Crippen LogP contribution < -0.4 is 10.3 Å². The van der Waals surface area contributed by atoms with E-state index in [1.165, 1.54) is 7.11 Å². The van der Waals surface area contributed by atoms with Gasteiger partial charge in [0.2, 0.25) is 0 Å². The number of allylic oxidation sites excluding steroid dienone is 1. The summed E-state index contributed by atoms with van der Waals surface area (Å²) in [4.78, 5) is 17.3. The van der Waals surface area contributed by atoms with E-state index >= 15 is 0 Å². The lowest BCUT2D eigenvalue weighted by Gasteiger charge is -2.06. The summed E-state index contributed by atoms with van der Waals surface area (Å²) in [6.45, 7) is 0.591. The smallest absolute Gasteiger partial charge is 0.261 e. The number of ether oxygens (including phenoxy) is 1. The van der Waals surface area contributed by atoms with Crippen molar-refractivity contribution in [1.82, 2.24) is 9.55 Å². The summed E-state index contributed by atoms with van der Waals surface area (Å²) in [5, 5.41) is 11.1. The maximum absolute atomic E-state index is 12.7. The highest BCUT2D eigenvalue weighted by Crippen LogP contribution is 2.31. The fraction of sp³-hybridized carbons (Fsp3) is 0.158. The molecule has 0 atom stereocenters. The Balaban J connectivity index is 1.85. The van der Waals surface area contributed by atoms with Crippen LogP contribution in [0.4, 0.5) is 0 Å². The Kier molecular flexibility index (Phi) is 3.73. The summed E-state index contributed by atoms with van der Waals surface area (Å²) in [6.07, 6.45) is 2.64. The molecule has 0 unspecified atom stereocenters. The molecule has 0 aliphatic carbocycles. The first-order chi connectivity index (χ1) is 12.1. The second kappa shape index (κ2) is 5.93. The number of rotatable bonds is 2.